The lowest BCUT2D eigenvalue weighted by Crippen LogP contribution is -2.20. The predicted molar refractivity (Wildman–Crippen MR) is 73.7 cm³/mol. The third-order valence-electron chi connectivity index (χ3n) is 3.78. The van der Waals surface area contributed by atoms with Crippen molar-refractivity contribution in [2.24, 2.45) is 5.92 Å². The summed E-state index contributed by atoms with van der Waals surface area (Å²) in [5, 5.41) is 11.2. The fraction of sp³-hybridized carbons (Fsp3) is 0.500. The SMILES string of the molecule is CCC1CCN(c2ccc(C(C)=O)cc2[N+](=O)[O-])C1. The van der Waals surface area contributed by atoms with Crippen LogP contribution in [0.4, 0.5) is 11.4 Å². The Hall–Kier alpha value is -1.91. The van der Waals surface area contributed by atoms with Gasteiger partial charge in [-0.2, -0.15) is 0 Å². The van der Waals surface area contributed by atoms with E-state index in [1.165, 1.54) is 13.0 Å². The van der Waals surface area contributed by atoms with Crippen LogP contribution in [0.3, 0.4) is 0 Å². The number of Topliss-reactive ketones (excluding diaryl/α,β-unsaturated/α-hetero) is 1. The first kappa shape index (κ1) is 13.5. The van der Waals surface area contributed by atoms with Gasteiger partial charge in [-0.15, -0.1) is 0 Å². The van der Waals surface area contributed by atoms with Gasteiger partial charge in [0.1, 0.15) is 5.69 Å². The molecule has 1 aliphatic heterocycles. The van der Waals surface area contributed by atoms with Crippen LogP contribution >= 0.6 is 0 Å². The van der Waals surface area contributed by atoms with Gasteiger partial charge in [0.2, 0.25) is 0 Å². The van der Waals surface area contributed by atoms with Crippen LogP contribution < -0.4 is 4.90 Å². The van der Waals surface area contributed by atoms with E-state index in [0.717, 1.165) is 25.9 Å². The predicted octanol–water partition coefficient (Wildman–Crippen LogP) is 3.03. The first-order valence-corrected chi connectivity index (χ1v) is 6.57. The lowest BCUT2D eigenvalue weighted by Gasteiger charge is -2.18. The highest BCUT2D eigenvalue weighted by molar-refractivity contribution is 5.95. The van der Waals surface area contributed by atoms with E-state index in [2.05, 4.69) is 11.8 Å². The van der Waals surface area contributed by atoms with Gasteiger partial charge in [0.15, 0.2) is 5.78 Å². The highest BCUT2D eigenvalue weighted by Gasteiger charge is 2.27. The molecule has 1 fully saturated rings. The van der Waals surface area contributed by atoms with Crippen molar-refractivity contribution in [2.75, 3.05) is 18.0 Å². The molecule has 0 radical (unpaired) electrons. The number of rotatable bonds is 4. The highest BCUT2D eigenvalue weighted by Crippen LogP contribution is 2.33. The molecule has 1 unspecified atom stereocenters. The molecule has 0 saturated carbocycles. The van der Waals surface area contributed by atoms with Crippen molar-refractivity contribution >= 4 is 17.2 Å². The second-order valence-electron chi connectivity index (χ2n) is 5.03. The van der Waals surface area contributed by atoms with E-state index in [9.17, 15) is 14.9 Å². The highest BCUT2D eigenvalue weighted by atomic mass is 16.6. The van der Waals surface area contributed by atoms with Crippen molar-refractivity contribution in [1.82, 2.24) is 0 Å². The van der Waals surface area contributed by atoms with E-state index in [4.69, 9.17) is 0 Å². The van der Waals surface area contributed by atoms with Crippen molar-refractivity contribution in [3.8, 4) is 0 Å². The number of carbonyl (C=O) groups is 1. The molecule has 0 aliphatic carbocycles. The minimum absolute atomic E-state index is 0.0319. The Balaban J connectivity index is 2.35. The molecule has 1 saturated heterocycles. The molecule has 5 heteroatoms. The number of hydrogen-bond acceptors (Lipinski definition) is 4. The summed E-state index contributed by atoms with van der Waals surface area (Å²) in [5.41, 5.74) is 1.05. The van der Waals surface area contributed by atoms with Crippen LogP contribution in [0.25, 0.3) is 0 Å². The van der Waals surface area contributed by atoms with Crippen LogP contribution in [-0.4, -0.2) is 23.8 Å². The van der Waals surface area contributed by atoms with Gasteiger partial charge in [-0.3, -0.25) is 14.9 Å². The lowest BCUT2D eigenvalue weighted by atomic mass is 10.1. The first-order chi connectivity index (χ1) is 9.02. The van der Waals surface area contributed by atoms with Crippen molar-refractivity contribution < 1.29 is 9.72 Å². The molecule has 1 heterocycles. The zero-order valence-electron chi connectivity index (χ0n) is 11.3. The summed E-state index contributed by atoms with van der Waals surface area (Å²) in [7, 11) is 0. The summed E-state index contributed by atoms with van der Waals surface area (Å²) >= 11 is 0. The maximum Gasteiger partial charge on any atom is 0.293 e. The van der Waals surface area contributed by atoms with E-state index in [1.54, 1.807) is 12.1 Å². The monoisotopic (exact) mass is 262 g/mol. The zero-order valence-corrected chi connectivity index (χ0v) is 11.3. The fourth-order valence-corrected chi connectivity index (χ4v) is 2.54. The van der Waals surface area contributed by atoms with Crippen LogP contribution in [0.5, 0.6) is 0 Å². The Bertz CT molecular complexity index is 513. The number of nitro benzene ring substituents is 1. The minimum Gasteiger partial charge on any atom is -0.366 e. The topological polar surface area (TPSA) is 63.5 Å². The van der Waals surface area contributed by atoms with Gasteiger partial charge in [-0.25, -0.2) is 0 Å². The Labute approximate surface area is 112 Å². The number of nitro groups is 1. The molecule has 0 N–H and O–H groups in total. The molecular formula is C14H18N2O3. The number of carbonyl (C=O) groups excluding carboxylic acids is 1. The Morgan fingerprint density at radius 3 is 2.79 bits per heavy atom. The second kappa shape index (κ2) is 5.38. The van der Waals surface area contributed by atoms with Gasteiger partial charge in [0, 0.05) is 24.7 Å². The van der Waals surface area contributed by atoms with E-state index < -0.39 is 4.92 Å². The van der Waals surface area contributed by atoms with Crippen LogP contribution in [0.2, 0.25) is 0 Å². The van der Waals surface area contributed by atoms with Gasteiger partial charge < -0.3 is 4.90 Å². The van der Waals surface area contributed by atoms with Gasteiger partial charge in [-0.05, 0) is 31.4 Å². The molecule has 1 aliphatic rings. The van der Waals surface area contributed by atoms with Gasteiger partial charge >= 0.3 is 0 Å². The summed E-state index contributed by atoms with van der Waals surface area (Å²) in [4.78, 5) is 24.1. The molecule has 0 amide bonds. The maximum atomic E-state index is 11.3. The Morgan fingerprint density at radius 2 is 2.26 bits per heavy atom. The molecule has 0 spiro atoms. The number of hydrogen-bond donors (Lipinski definition) is 0. The molecule has 5 nitrogen and oxygen atoms in total. The van der Waals surface area contributed by atoms with Crippen molar-refractivity contribution in [3.63, 3.8) is 0 Å². The molecule has 1 atom stereocenters. The van der Waals surface area contributed by atoms with Crippen LogP contribution in [-0.2, 0) is 0 Å². The van der Waals surface area contributed by atoms with E-state index in [1.807, 2.05) is 0 Å². The molecule has 1 aromatic carbocycles. The van der Waals surface area contributed by atoms with E-state index in [-0.39, 0.29) is 11.5 Å². The van der Waals surface area contributed by atoms with Crippen LogP contribution in [0.15, 0.2) is 18.2 Å². The number of nitrogens with zero attached hydrogens (tertiary/aromatic N) is 2. The zero-order chi connectivity index (χ0) is 14.0. The van der Waals surface area contributed by atoms with Crippen molar-refractivity contribution in [2.45, 2.75) is 26.7 Å². The molecule has 1 aromatic rings. The Kier molecular flexibility index (Phi) is 3.83. The third kappa shape index (κ3) is 2.75. The second-order valence-corrected chi connectivity index (χ2v) is 5.03. The first-order valence-electron chi connectivity index (χ1n) is 6.57. The molecule has 2 rings (SSSR count). The normalized spacial score (nSPS) is 18.6. The van der Waals surface area contributed by atoms with E-state index >= 15 is 0 Å². The summed E-state index contributed by atoms with van der Waals surface area (Å²) in [6.45, 7) is 5.26. The summed E-state index contributed by atoms with van der Waals surface area (Å²) in [5.74, 6) is 0.453. The molecule has 19 heavy (non-hydrogen) atoms. The van der Waals surface area contributed by atoms with Crippen molar-refractivity contribution in [3.05, 3.63) is 33.9 Å². The molecule has 0 bridgehead atoms. The maximum absolute atomic E-state index is 11.3. The number of benzene rings is 1. The Morgan fingerprint density at radius 1 is 1.53 bits per heavy atom. The average molecular weight is 262 g/mol. The lowest BCUT2D eigenvalue weighted by molar-refractivity contribution is -0.384. The number of anilines is 1. The van der Waals surface area contributed by atoms with Crippen LogP contribution in [0, 0.1) is 16.0 Å². The minimum atomic E-state index is -0.402. The van der Waals surface area contributed by atoms with E-state index in [0.29, 0.717) is 17.2 Å². The molecule has 102 valence electrons. The quantitative estimate of drug-likeness (QED) is 0.475. The summed E-state index contributed by atoms with van der Waals surface area (Å²) in [6, 6.07) is 4.76. The molecule has 0 aromatic heterocycles. The van der Waals surface area contributed by atoms with Gasteiger partial charge in [0.05, 0.1) is 4.92 Å². The number of ketones is 1. The largest absolute Gasteiger partial charge is 0.366 e. The van der Waals surface area contributed by atoms with Gasteiger partial charge in [-0.1, -0.05) is 13.3 Å². The summed E-state index contributed by atoms with van der Waals surface area (Å²) < 4.78 is 0. The third-order valence-corrected chi connectivity index (χ3v) is 3.78. The molecular weight excluding hydrogens is 244 g/mol. The summed E-state index contributed by atoms with van der Waals surface area (Å²) in [6.07, 6.45) is 2.16. The average Bonchev–Trinajstić information content (AvgIpc) is 2.86. The standard InChI is InChI=1S/C14H18N2O3/c1-3-11-6-7-15(9-11)13-5-4-12(10(2)17)8-14(13)16(18)19/h4-5,8,11H,3,6-7,9H2,1-2H3. The van der Waals surface area contributed by atoms with Gasteiger partial charge in [0.25, 0.3) is 5.69 Å². The smallest absolute Gasteiger partial charge is 0.293 e. The van der Waals surface area contributed by atoms with Crippen molar-refractivity contribution in [1.29, 1.82) is 0 Å². The van der Waals surface area contributed by atoms with Crippen LogP contribution in [0.1, 0.15) is 37.0 Å². The fourth-order valence-electron chi connectivity index (χ4n) is 2.54.